The molecule has 0 atom stereocenters. The SMILES string of the molecule is Cc1ccc(Nc2c(C(=O)NOCCOCCOCCOCCC(=O)O)ccc(F)c2F)c(F)c1. The van der Waals surface area contributed by atoms with Gasteiger partial charge in [0.15, 0.2) is 11.6 Å². The van der Waals surface area contributed by atoms with Crippen LogP contribution in [-0.4, -0.2) is 63.2 Å². The Morgan fingerprint density at radius 2 is 1.49 bits per heavy atom. The largest absolute Gasteiger partial charge is 0.481 e. The molecule has 3 N–H and O–H groups in total. The Labute approximate surface area is 200 Å². The molecule has 0 aliphatic heterocycles. The van der Waals surface area contributed by atoms with Gasteiger partial charge in [-0.05, 0) is 36.8 Å². The molecule has 0 aliphatic carbocycles. The summed E-state index contributed by atoms with van der Waals surface area (Å²) in [6.07, 6.45) is -0.0706. The number of ether oxygens (including phenoxy) is 3. The second kappa shape index (κ2) is 14.9. The maximum absolute atomic E-state index is 14.4. The van der Waals surface area contributed by atoms with E-state index in [1.807, 2.05) is 0 Å². The van der Waals surface area contributed by atoms with E-state index in [2.05, 4.69) is 10.8 Å². The molecule has 2 aromatic rings. The lowest BCUT2D eigenvalue weighted by Crippen LogP contribution is -2.27. The van der Waals surface area contributed by atoms with Crippen molar-refractivity contribution in [2.75, 3.05) is 51.6 Å². The van der Waals surface area contributed by atoms with Crippen LogP contribution in [0.3, 0.4) is 0 Å². The summed E-state index contributed by atoms with van der Waals surface area (Å²) in [6.45, 7) is 2.92. The first-order chi connectivity index (χ1) is 16.8. The average molecular weight is 500 g/mol. The van der Waals surface area contributed by atoms with Crippen LogP contribution in [0, 0.1) is 24.4 Å². The topological polar surface area (TPSA) is 115 Å². The normalized spacial score (nSPS) is 10.9. The number of nitrogens with one attached hydrogen (secondary N) is 2. The van der Waals surface area contributed by atoms with Gasteiger partial charge in [-0.3, -0.25) is 14.4 Å². The summed E-state index contributed by atoms with van der Waals surface area (Å²) in [5.41, 5.74) is 1.79. The molecule has 2 rings (SSSR count). The zero-order chi connectivity index (χ0) is 25.6. The number of benzene rings is 2. The van der Waals surface area contributed by atoms with Gasteiger partial charge in [-0.15, -0.1) is 0 Å². The minimum Gasteiger partial charge on any atom is -0.481 e. The molecular weight excluding hydrogens is 473 g/mol. The fourth-order valence-corrected chi connectivity index (χ4v) is 2.69. The third-order valence-electron chi connectivity index (χ3n) is 4.42. The lowest BCUT2D eigenvalue weighted by Gasteiger charge is -2.14. The Balaban J connectivity index is 1.71. The molecule has 1 amide bonds. The van der Waals surface area contributed by atoms with Gasteiger partial charge in [0.2, 0.25) is 0 Å². The predicted octanol–water partition coefficient (Wildman–Crippen LogP) is 3.34. The average Bonchev–Trinajstić information content (AvgIpc) is 2.81. The van der Waals surface area contributed by atoms with Gasteiger partial charge in [-0.1, -0.05) is 6.07 Å². The number of carboxylic acids is 1. The summed E-state index contributed by atoms with van der Waals surface area (Å²) < 4.78 is 57.8. The van der Waals surface area contributed by atoms with Crippen LogP contribution in [0.15, 0.2) is 30.3 Å². The highest BCUT2D eigenvalue weighted by Crippen LogP contribution is 2.28. The summed E-state index contributed by atoms with van der Waals surface area (Å²) >= 11 is 0. The predicted molar refractivity (Wildman–Crippen MR) is 119 cm³/mol. The van der Waals surface area contributed by atoms with Crippen molar-refractivity contribution < 1.29 is 46.9 Å². The number of hydrogen-bond acceptors (Lipinski definition) is 7. The van der Waals surface area contributed by atoms with Crippen molar-refractivity contribution in [1.82, 2.24) is 5.48 Å². The van der Waals surface area contributed by atoms with Gasteiger partial charge in [-0.25, -0.2) is 18.7 Å². The fourth-order valence-electron chi connectivity index (χ4n) is 2.69. The third-order valence-corrected chi connectivity index (χ3v) is 4.42. The van der Waals surface area contributed by atoms with E-state index < -0.39 is 35.0 Å². The number of carboxylic acid groups (broad SMARTS) is 1. The van der Waals surface area contributed by atoms with Crippen LogP contribution in [0.1, 0.15) is 22.3 Å². The first-order valence-electron chi connectivity index (χ1n) is 10.7. The van der Waals surface area contributed by atoms with E-state index in [1.165, 1.54) is 12.1 Å². The molecule has 0 bridgehead atoms. The standard InChI is InChI=1S/C23H27F3N2O7/c1-15-2-5-19(18(25)14-15)27-22-16(3-4-17(24)21(22)26)23(31)28-35-13-12-34-11-10-33-9-8-32-7-6-20(29)30/h2-5,14,27H,6-13H2,1H3,(H,28,31)(H,29,30). The molecule has 9 nitrogen and oxygen atoms in total. The number of anilines is 2. The molecular formula is C23H27F3N2O7. The lowest BCUT2D eigenvalue weighted by molar-refractivity contribution is -0.138. The number of aryl methyl sites for hydroxylation is 1. The zero-order valence-electron chi connectivity index (χ0n) is 19.1. The van der Waals surface area contributed by atoms with Crippen LogP contribution in [0.5, 0.6) is 0 Å². The maximum Gasteiger partial charge on any atom is 0.305 e. The molecule has 2 aromatic carbocycles. The molecule has 12 heteroatoms. The van der Waals surface area contributed by atoms with Gasteiger partial charge in [0.25, 0.3) is 5.91 Å². The molecule has 35 heavy (non-hydrogen) atoms. The highest BCUT2D eigenvalue weighted by molar-refractivity contribution is 6.00. The molecule has 0 saturated carbocycles. The number of hydrogen-bond donors (Lipinski definition) is 3. The van der Waals surface area contributed by atoms with Crippen LogP contribution < -0.4 is 10.8 Å². The van der Waals surface area contributed by atoms with Crippen LogP contribution in [0.4, 0.5) is 24.5 Å². The molecule has 0 heterocycles. The van der Waals surface area contributed by atoms with E-state index in [-0.39, 0.29) is 63.9 Å². The Bertz CT molecular complexity index is 992. The summed E-state index contributed by atoms with van der Waals surface area (Å²) in [5.74, 6) is -5.04. The van der Waals surface area contributed by atoms with E-state index in [4.69, 9.17) is 24.2 Å². The fraction of sp³-hybridized carbons (Fsp3) is 0.391. The van der Waals surface area contributed by atoms with Gasteiger partial charge >= 0.3 is 5.97 Å². The maximum atomic E-state index is 14.4. The molecule has 0 saturated heterocycles. The smallest absolute Gasteiger partial charge is 0.305 e. The molecule has 0 radical (unpaired) electrons. The molecule has 0 aromatic heterocycles. The molecule has 0 spiro atoms. The van der Waals surface area contributed by atoms with Crippen LogP contribution in [-0.2, 0) is 23.8 Å². The van der Waals surface area contributed by atoms with Gasteiger partial charge in [-0.2, -0.15) is 0 Å². The molecule has 192 valence electrons. The quantitative estimate of drug-likeness (QED) is 0.238. The van der Waals surface area contributed by atoms with Crippen molar-refractivity contribution in [3.63, 3.8) is 0 Å². The molecule has 0 aliphatic rings. The van der Waals surface area contributed by atoms with E-state index in [0.29, 0.717) is 5.56 Å². The van der Waals surface area contributed by atoms with Gasteiger partial charge < -0.3 is 24.6 Å². The second-order valence-electron chi connectivity index (χ2n) is 7.15. The van der Waals surface area contributed by atoms with Gasteiger partial charge in [0.05, 0.1) is 69.6 Å². The Morgan fingerprint density at radius 1 is 0.857 bits per heavy atom. The number of halogens is 3. The van der Waals surface area contributed by atoms with E-state index in [9.17, 15) is 22.8 Å². The summed E-state index contributed by atoms with van der Waals surface area (Å²) in [7, 11) is 0. The van der Waals surface area contributed by atoms with Crippen LogP contribution >= 0.6 is 0 Å². The van der Waals surface area contributed by atoms with Gasteiger partial charge in [0.1, 0.15) is 5.82 Å². The number of carbonyl (C=O) groups excluding carboxylic acids is 1. The zero-order valence-corrected chi connectivity index (χ0v) is 19.1. The highest BCUT2D eigenvalue weighted by Gasteiger charge is 2.20. The minimum atomic E-state index is -1.34. The van der Waals surface area contributed by atoms with Crippen molar-refractivity contribution in [1.29, 1.82) is 0 Å². The summed E-state index contributed by atoms with van der Waals surface area (Å²) in [5, 5.41) is 10.9. The van der Waals surface area contributed by atoms with E-state index in [0.717, 1.165) is 12.1 Å². The molecule has 0 fully saturated rings. The third kappa shape index (κ3) is 9.91. The number of carbonyl (C=O) groups is 2. The van der Waals surface area contributed by atoms with Crippen molar-refractivity contribution in [3.8, 4) is 0 Å². The lowest BCUT2D eigenvalue weighted by atomic mass is 10.1. The summed E-state index contributed by atoms with van der Waals surface area (Å²) in [6, 6.07) is 5.96. The van der Waals surface area contributed by atoms with Crippen molar-refractivity contribution in [2.45, 2.75) is 13.3 Å². The Hall–Kier alpha value is -3.19. The Kier molecular flexibility index (Phi) is 12.0. The van der Waals surface area contributed by atoms with Crippen molar-refractivity contribution >= 4 is 23.3 Å². The number of rotatable bonds is 16. The van der Waals surface area contributed by atoms with Gasteiger partial charge in [0, 0.05) is 0 Å². The van der Waals surface area contributed by atoms with Crippen LogP contribution in [0.2, 0.25) is 0 Å². The van der Waals surface area contributed by atoms with E-state index in [1.54, 1.807) is 13.0 Å². The first-order valence-corrected chi connectivity index (χ1v) is 10.7. The van der Waals surface area contributed by atoms with Crippen LogP contribution in [0.25, 0.3) is 0 Å². The van der Waals surface area contributed by atoms with Crippen molar-refractivity contribution in [3.05, 3.63) is 58.9 Å². The minimum absolute atomic E-state index is 0.0386. The Morgan fingerprint density at radius 3 is 2.11 bits per heavy atom. The number of aliphatic carboxylic acids is 1. The monoisotopic (exact) mass is 500 g/mol. The van der Waals surface area contributed by atoms with E-state index >= 15 is 0 Å². The van der Waals surface area contributed by atoms with Crippen molar-refractivity contribution in [2.24, 2.45) is 0 Å². The number of amides is 1. The second-order valence-corrected chi connectivity index (χ2v) is 7.15. The first kappa shape index (κ1) is 28.1. The summed E-state index contributed by atoms with van der Waals surface area (Å²) in [4.78, 5) is 27.7. The molecule has 0 unspecified atom stereocenters. The number of hydroxylamine groups is 1. The highest BCUT2D eigenvalue weighted by atomic mass is 19.2.